The molecule has 5 heteroatoms. The predicted molar refractivity (Wildman–Crippen MR) is 68.3 cm³/mol. The van der Waals surface area contributed by atoms with Crippen LogP contribution in [0.4, 0.5) is 10.1 Å². The Bertz CT molecular complexity index is 503. The minimum atomic E-state index is -0.844. The van der Waals surface area contributed by atoms with E-state index >= 15 is 0 Å². The molecule has 0 unspecified atom stereocenters. The fraction of sp³-hybridized carbons (Fsp3) is 0.429. The van der Waals surface area contributed by atoms with Crippen LogP contribution in [-0.2, 0) is 9.59 Å². The Hall–Kier alpha value is -1.91. The first-order chi connectivity index (χ1) is 8.99. The largest absolute Gasteiger partial charge is 0.481 e. The molecule has 1 N–H and O–H groups in total. The van der Waals surface area contributed by atoms with Gasteiger partial charge in [-0.3, -0.25) is 9.59 Å². The molecule has 1 aromatic rings. The summed E-state index contributed by atoms with van der Waals surface area (Å²) in [6, 6.07) is 5.81. The molecule has 19 heavy (non-hydrogen) atoms. The van der Waals surface area contributed by atoms with Crippen molar-refractivity contribution in [3.05, 3.63) is 30.1 Å². The number of benzene rings is 1. The van der Waals surface area contributed by atoms with Gasteiger partial charge in [-0.1, -0.05) is 6.07 Å². The highest BCUT2D eigenvalue weighted by molar-refractivity contribution is 5.95. The smallest absolute Gasteiger partial charge is 0.306 e. The molecule has 1 fully saturated rings. The molecule has 0 aromatic heterocycles. The highest BCUT2D eigenvalue weighted by Crippen LogP contribution is 2.33. The van der Waals surface area contributed by atoms with Gasteiger partial charge in [0.2, 0.25) is 5.91 Å². The van der Waals surface area contributed by atoms with Gasteiger partial charge in [0, 0.05) is 18.7 Å². The Kier molecular flexibility index (Phi) is 3.83. The van der Waals surface area contributed by atoms with Crippen LogP contribution in [0.15, 0.2) is 24.3 Å². The molecule has 1 saturated carbocycles. The van der Waals surface area contributed by atoms with Crippen molar-refractivity contribution in [1.82, 2.24) is 0 Å². The van der Waals surface area contributed by atoms with Crippen molar-refractivity contribution in [2.45, 2.75) is 19.3 Å². The van der Waals surface area contributed by atoms with E-state index in [2.05, 4.69) is 0 Å². The van der Waals surface area contributed by atoms with Gasteiger partial charge in [0.25, 0.3) is 0 Å². The van der Waals surface area contributed by atoms with Crippen LogP contribution in [0, 0.1) is 17.7 Å². The number of carbonyl (C=O) groups excluding carboxylic acids is 1. The van der Waals surface area contributed by atoms with Gasteiger partial charge in [-0.05, 0) is 37.5 Å². The Morgan fingerprint density at radius 3 is 2.58 bits per heavy atom. The van der Waals surface area contributed by atoms with Crippen LogP contribution in [0.2, 0.25) is 0 Å². The van der Waals surface area contributed by atoms with Crippen molar-refractivity contribution in [1.29, 1.82) is 0 Å². The lowest BCUT2D eigenvalue weighted by molar-refractivity contribution is -0.141. The third-order valence-electron chi connectivity index (χ3n) is 3.66. The number of halogens is 1. The van der Waals surface area contributed by atoms with E-state index in [1.807, 2.05) is 0 Å². The number of aliphatic carboxylic acids is 1. The summed E-state index contributed by atoms with van der Waals surface area (Å²) in [5.41, 5.74) is 0.490. The molecule has 1 amide bonds. The van der Waals surface area contributed by atoms with E-state index in [0.717, 1.165) is 0 Å². The first-order valence-corrected chi connectivity index (χ1v) is 6.25. The highest BCUT2D eigenvalue weighted by Gasteiger charge is 2.35. The monoisotopic (exact) mass is 265 g/mol. The Morgan fingerprint density at radius 1 is 1.32 bits per heavy atom. The maximum absolute atomic E-state index is 13.1. The molecule has 1 aliphatic carbocycles. The molecule has 0 spiro atoms. The fourth-order valence-corrected chi connectivity index (χ4v) is 2.52. The van der Waals surface area contributed by atoms with Gasteiger partial charge in [0.1, 0.15) is 5.82 Å². The number of anilines is 1. The molecular weight excluding hydrogens is 249 g/mol. The number of hydrogen-bond acceptors (Lipinski definition) is 2. The molecule has 0 heterocycles. The second-order valence-corrected chi connectivity index (χ2v) is 4.92. The molecular formula is C14H16FNO3. The van der Waals surface area contributed by atoms with Crippen molar-refractivity contribution in [2.24, 2.45) is 11.8 Å². The van der Waals surface area contributed by atoms with Gasteiger partial charge >= 0.3 is 5.97 Å². The van der Waals surface area contributed by atoms with Crippen molar-refractivity contribution >= 4 is 17.6 Å². The molecule has 102 valence electrons. The fourth-order valence-electron chi connectivity index (χ4n) is 2.52. The van der Waals surface area contributed by atoms with Gasteiger partial charge in [0.15, 0.2) is 0 Å². The summed E-state index contributed by atoms with van der Waals surface area (Å²) in [5, 5.41) is 8.93. The number of hydrogen-bond donors (Lipinski definition) is 1. The zero-order valence-corrected chi connectivity index (χ0v) is 10.7. The molecule has 2 rings (SSSR count). The molecule has 0 aliphatic heterocycles. The summed E-state index contributed by atoms with van der Waals surface area (Å²) in [7, 11) is 1.59. The summed E-state index contributed by atoms with van der Waals surface area (Å²) in [6.45, 7) is 0. The van der Waals surface area contributed by atoms with Crippen molar-refractivity contribution in [3.8, 4) is 0 Å². The molecule has 1 aliphatic rings. The van der Waals surface area contributed by atoms with Crippen LogP contribution in [0.5, 0.6) is 0 Å². The standard InChI is InChI=1S/C14H16FNO3/c1-16(12-4-2-3-11(15)8-12)13(17)9-5-6-10(7-9)14(18)19/h2-4,8-10H,5-7H2,1H3,(H,18,19)/t9-,10+/m1/s1. The topological polar surface area (TPSA) is 57.6 Å². The first-order valence-electron chi connectivity index (χ1n) is 6.25. The predicted octanol–water partition coefficient (Wildman–Crippen LogP) is 2.29. The molecule has 1 aromatic carbocycles. The summed E-state index contributed by atoms with van der Waals surface area (Å²) in [4.78, 5) is 24.5. The van der Waals surface area contributed by atoms with Crippen LogP contribution >= 0.6 is 0 Å². The van der Waals surface area contributed by atoms with E-state index in [9.17, 15) is 14.0 Å². The minimum absolute atomic E-state index is 0.144. The van der Waals surface area contributed by atoms with Gasteiger partial charge in [-0.2, -0.15) is 0 Å². The summed E-state index contributed by atoms with van der Waals surface area (Å²) in [5.74, 6) is -2.10. The number of carboxylic acids is 1. The van der Waals surface area contributed by atoms with Crippen LogP contribution in [-0.4, -0.2) is 24.0 Å². The third kappa shape index (κ3) is 2.92. The summed E-state index contributed by atoms with van der Waals surface area (Å²) < 4.78 is 13.1. The van der Waals surface area contributed by atoms with Crippen LogP contribution in [0.1, 0.15) is 19.3 Å². The van der Waals surface area contributed by atoms with E-state index in [0.29, 0.717) is 24.9 Å². The maximum Gasteiger partial charge on any atom is 0.306 e. The Labute approximate surface area is 110 Å². The Balaban J connectivity index is 2.06. The van der Waals surface area contributed by atoms with Crippen LogP contribution < -0.4 is 4.90 Å². The van der Waals surface area contributed by atoms with Crippen molar-refractivity contribution in [3.63, 3.8) is 0 Å². The van der Waals surface area contributed by atoms with Gasteiger partial charge in [0.05, 0.1) is 5.92 Å². The lowest BCUT2D eigenvalue weighted by Gasteiger charge is -2.21. The quantitative estimate of drug-likeness (QED) is 0.912. The SMILES string of the molecule is CN(C(=O)[C@@H]1CC[C@H](C(=O)O)C1)c1cccc(F)c1. The maximum atomic E-state index is 13.1. The average Bonchev–Trinajstić information content (AvgIpc) is 2.86. The summed E-state index contributed by atoms with van der Waals surface area (Å²) in [6.07, 6.45) is 1.48. The zero-order valence-electron chi connectivity index (χ0n) is 10.7. The molecule has 0 radical (unpaired) electrons. The van der Waals surface area contributed by atoms with E-state index in [1.54, 1.807) is 19.2 Å². The van der Waals surface area contributed by atoms with Crippen LogP contribution in [0.3, 0.4) is 0 Å². The lowest BCUT2D eigenvalue weighted by atomic mass is 10.0. The van der Waals surface area contributed by atoms with Gasteiger partial charge < -0.3 is 10.0 Å². The van der Waals surface area contributed by atoms with Gasteiger partial charge in [-0.25, -0.2) is 4.39 Å². The Morgan fingerprint density at radius 2 is 2.00 bits per heavy atom. The number of carboxylic acid groups (broad SMARTS) is 1. The first kappa shape index (κ1) is 13.5. The second kappa shape index (κ2) is 5.38. The van der Waals surface area contributed by atoms with E-state index < -0.39 is 17.7 Å². The van der Waals surface area contributed by atoms with E-state index in [1.165, 1.54) is 17.0 Å². The number of carbonyl (C=O) groups is 2. The molecule has 2 atom stereocenters. The minimum Gasteiger partial charge on any atom is -0.481 e. The van der Waals surface area contributed by atoms with Crippen LogP contribution in [0.25, 0.3) is 0 Å². The normalized spacial score (nSPS) is 22.2. The number of nitrogens with zero attached hydrogens (tertiary/aromatic N) is 1. The number of rotatable bonds is 3. The lowest BCUT2D eigenvalue weighted by Crippen LogP contribution is -2.32. The van der Waals surface area contributed by atoms with Crippen molar-refractivity contribution < 1.29 is 19.1 Å². The van der Waals surface area contributed by atoms with E-state index in [-0.39, 0.29) is 11.8 Å². The average molecular weight is 265 g/mol. The molecule has 4 nitrogen and oxygen atoms in total. The van der Waals surface area contributed by atoms with Crippen molar-refractivity contribution in [2.75, 3.05) is 11.9 Å². The second-order valence-electron chi connectivity index (χ2n) is 4.92. The highest BCUT2D eigenvalue weighted by atomic mass is 19.1. The third-order valence-corrected chi connectivity index (χ3v) is 3.66. The zero-order chi connectivity index (χ0) is 14.0. The van der Waals surface area contributed by atoms with Gasteiger partial charge in [-0.15, -0.1) is 0 Å². The number of amides is 1. The molecule has 0 bridgehead atoms. The molecule has 0 saturated heterocycles. The summed E-state index contributed by atoms with van der Waals surface area (Å²) >= 11 is 0. The van der Waals surface area contributed by atoms with E-state index in [4.69, 9.17) is 5.11 Å².